The van der Waals surface area contributed by atoms with Gasteiger partial charge in [0.15, 0.2) is 5.69 Å². The van der Waals surface area contributed by atoms with E-state index >= 15 is 0 Å². The summed E-state index contributed by atoms with van der Waals surface area (Å²) in [5.41, 5.74) is 5.42. The lowest BCUT2D eigenvalue weighted by Gasteiger charge is -2.09. The van der Waals surface area contributed by atoms with E-state index in [1.54, 1.807) is 24.3 Å². The molecule has 0 aliphatic carbocycles. The molecule has 3 rings (SSSR count). The molecule has 6 heteroatoms. The van der Waals surface area contributed by atoms with Crippen molar-refractivity contribution in [2.45, 2.75) is 40.2 Å². The number of fused-ring (bicyclic) bond motifs is 1. The van der Waals surface area contributed by atoms with Crippen molar-refractivity contribution in [2.75, 3.05) is 0 Å². The summed E-state index contributed by atoms with van der Waals surface area (Å²) in [7, 11) is 0. The Morgan fingerprint density at radius 2 is 1.75 bits per heavy atom. The van der Waals surface area contributed by atoms with E-state index in [2.05, 4.69) is 41.6 Å². The molecule has 0 aliphatic heterocycles. The van der Waals surface area contributed by atoms with Gasteiger partial charge in [0.25, 0.3) is 11.5 Å². The highest BCUT2D eigenvalue weighted by atomic mass is 16.2. The maximum atomic E-state index is 12.7. The molecule has 0 spiro atoms. The first-order valence-corrected chi connectivity index (χ1v) is 9.37. The van der Waals surface area contributed by atoms with Gasteiger partial charge in [0, 0.05) is 11.9 Å². The number of carbonyl (C=O) groups is 1. The predicted octanol–water partition coefficient (Wildman–Crippen LogP) is 3.69. The Bertz CT molecular complexity index is 1100. The zero-order chi connectivity index (χ0) is 20.3. The van der Waals surface area contributed by atoms with Crippen molar-refractivity contribution >= 4 is 22.4 Å². The van der Waals surface area contributed by atoms with E-state index in [4.69, 9.17) is 0 Å². The van der Waals surface area contributed by atoms with Crippen molar-refractivity contribution in [2.24, 2.45) is 5.10 Å². The molecule has 2 aromatic carbocycles. The average Bonchev–Trinajstić information content (AvgIpc) is 2.72. The molecule has 28 heavy (non-hydrogen) atoms. The van der Waals surface area contributed by atoms with Crippen molar-refractivity contribution in [1.29, 1.82) is 0 Å². The Labute approximate surface area is 163 Å². The Morgan fingerprint density at radius 1 is 1.11 bits per heavy atom. The van der Waals surface area contributed by atoms with E-state index in [1.807, 2.05) is 26.0 Å². The second kappa shape index (κ2) is 8.17. The number of hydrogen-bond acceptors (Lipinski definition) is 4. The molecule has 0 bridgehead atoms. The van der Waals surface area contributed by atoms with E-state index in [0.29, 0.717) is 28.9 Å². The zero-order valence-electron chi connectivity index (χ0n) is 16.6. The molecule has 0 unspecified atom stereocenters. The van der Waals surface area contributed by atoms with Crippen LogP contribution in [0, 0.1) is 0 Å². The van der Waals surface area contributed by atoms with Gasteiger partial charge in [-0.3, -0.25) is 9.59 Å². The molecule has 0 fully saturated rings. The summed E-state index contributed by atoms with van der Waals surface area (Å²) >= 11 is 0. The molecule has 1 aromatic heterocycles. The second-order valence-electron chi connectivity index (χ2n) is 6.93. The number of aromatic nitrogens is 2. The van der Waals surface area contributed by atoms with Gasteiger partial charge in [-0.15, -0.1) is 0 Å². The summed E-state index contributed by atoms with van der Waals surface area (Å²) in [6.45, 7) is 8.32. The molecular weight excluding hydrogens is 352 g/mol. The minimum atomic E-state index is -0.448. The largest absolute Gasteiger partial charge is 0.292 e. The Morgan fingerprint density at radius 3 is 2.36 bits per heavy atom. The lowest BCUT2D eigenvalue weighted by Crippen LogP contribution is -2.28. The molecule has 1 N–H and O–H groups in total. The number of nitrogens with zero attached hydrogens (tertiary/aromatic N) is 3. The third kappa shape index (κ3) is 3.86. The number of hydrogen-bond donors (Lipinski definition) is 1. The van der Waals surface area contributed by atoms with E-state index < -0.39 is 5.91 Å². The van der Waals surface area contributed by atoms with Gasteiger partial charge in [-0.2, -0.15) is 10.2 Å². The van der Waals surface area contributed by atoms with Crippen LogP contribution < -0.4 is 11.0 Å². The number of rotatable bonds is 5. The Balaban J connectivity index is 1.90. The maximum Gasteiger partial charge on any atom is 0.292 e. The molecule has 0 radical (unpaired) electrons. The van der Waals surface area contributed by atoms with Gasteiger partial charge in [-0.05, 0) is 37.0 Å². The lowest BCUT2D eigenvalue weighted by molar-refractivity contribution is 0.0949. The van der Waals surface area contributed by atoms with Crippen molar-refractivity contribution in [3.8, 4) is 0 Å². The molecule has 0 aliphatic rings. The predicted molar refractivity (Wildman–Crippen MR) is 112 cm³/mol. The first-order valence-electron chi connectivity index (χ1n) is 9.37. The number of benzene rings is 2. The summed E-state index contributed by atoms with van der Waals surface area (Å²) in [6.07, 6.45) is 0. The van der Waals surface area contributed by atoms with Crippen LogP contribution in [0.3, 0.4) is 0 Å². The van der Waals surface area contributed by atoms with Crippen molar-refractivity contribution < 1.29 is 4.79 Å². The minimum absolute atomic E-state index is 0.184. The normalized spacial score (nSPS) is 11.8. The monoisotopic (exact) mass is 376 g/mol. The smallest absolute Gasteiger partial charge is 0.267 e. The molecule has 1 heterocycles. The van der Waals surface area contributed by atoms with E-state index in [1.165, 1.54) is 10.2 Å². The fraction of sp³-hybridized carbons (Fsp3) is 0.273. The quantitative estimate of drug-likeness (QED) is 0.545. The third-order valence-electron chi connectivity index (χ3n) is 4.70. The second-order valence-corrected chi connectivity index (χ2v) is 6.93. The molecule has 3 aromatic rings. The average molecular weight is 376 g/mol. The van der Waals surface area contributed by atoms with Crippen molar-refractivity contribution in [3.05, 3.63) is 75.7 Å². The van der Waals surface area contributed by atoms with Crippen LogP contribution in [-0.4, -0.2) is 21.4 Å². The highest BCUT2D eigenvalue weighted by molar-refractivity contribution is 6.06. The number of carbonyl (C=O) groups excluding carboxylic acids is 1. The summed E-state index contributed by atoms with van der Waals surface area (Å²) in [6, 6.07) is 15.1. The number of aryl methyl sites for hydroxylation is 1. The molecule has 1 amide bonds. The molecule has 144 valence electrons. The highest BCUT2D eigenvalue weighted by Crippen LogP contribution is 2.15. The van der Waals surface area contributed by atoms with Crippen LogP contribution in [0.15, 0.2) is 58.4 Å². The van der Waals surface area contributed by atoms with E-state index in [-0.39, 0.29) is 11.3 Å². The summed E-state index contributed by atoms with van der Waals surface area (Å²) in [5, 5.41) is 9.43. The zero-order valence-corrected chi connectivity index (χ0v) is 16.6. The summed E-state index contributed by atoms with van der Waals surface area (Å²) < 4.78 is 1.29. The summed E-state index contributed by atoms with van der Waals surface area (Å²) in [5.74, 6) is 0.0103. The number of nitrogens with one attached hydrogen (secondary N) is 1. The van der Waals surface area contributed by atoms with Gasteiger partial charge in [-0.1, -0.05) is 56.3 Å². The Hall–Kier alpha value is -3.28. The fourth-order valence-electron chi connectivity index (χ4n) is 2.98. The molecule has 0 saturated carbocycles. The lowest BCUT2D eigenvalue weighted by atomic mass is 10.0. The minimum Gasteiger partial charge on any atom is -0.267 e. The van der Waals surface area contributed by atoms with Crippen LogP contribution in [-0.2, 0) is 6.54 Å². The fourth-order valence-corrected chi connectivity index (χ4v) is 2.98. The number of hydrazone groups is 1. The van der Waals surface area contributed by atoms with Crippen LogP contribution in [0.2, 0.25) is 0 Å². The first-order chi connectivity index (χ1) is 13.4. The molecular formula is C22H24N4O2. The van der Waals surface area contributed by atoms with Crippen molar-refractivity contribution in [1.82, 2.24) is 15.2 Å². The molecule has 0 atom stereocenters. The Kier molecular flexibility index (Phi) is 5.68. The third-order valence-corrected chi connectivity index (χ3v) is 4.70. The molecule has 0 saturated heterocycles. The van der Waals surface area contributed by atoms with Gasteiger partial charge < -0.3 is 0 Å². The van der Waals surface area contributed by atoms with E-state index in [0.717, 1.165) is 5.56 Å². The van der Waals surface area contributed by atoms with E-state index in [9.17, 15) is 9.59 Å². The van der Waals surface area contributed by atoms with Gasteiger partial charge in [0.05, 0.1) is 11.1 Å². The van der Waals surface area contributed by atoms with Crippen LogP contribution >= 0.6 is 0 Å². The standard InChI is InChI=1S/C22H24N4O2/c1-5-26-22(28)19-9-7-6-8-18(19)20(25-26)21(27)24-23-15(4)17-12-10-16(11-13-17)14(2)3/h6-14H,5H2,1-4H3,(H,24,27)/b23-15-. The summed E-state index contributed by atoms with van der Waals surface area (Å²) in [4.78, 5) is 25.1. The SMILES string of the molecule is CCn1nc(C(=O)N/N=C(/C)c2ccc(C(C)C)cc2)c2ccccc2c1=O. The number of amides is 1. The van der Waals surface area contributed by atoms with Crippen molar-refractivity contribution in [3.63, 3.8) is 0 Å². The maximum absolute atomic E-state index is 12.7. The van der Waals surface area contributed by atoms with Gasteiger partial charge >= 0.3 is 0 Å². The van der Waals surface area contributed by atoms with Gasteiger partial charge in [0.2, 0.25) is 0 Å². The van der Waals surface area contributed by atoms with Gasteiger partial charge in [0.1, 0.15) is 0 Å². The van der Waals surface area contributed by atoms with Gasteiger partial charge in [-0.25, -0.2) is 10.1 Å². The van der Waals surface area contributed by atoms with Crippen LogP contribution in [0.25, 0.3) is 10.8 Å². The molecule has 6 nitrogen and oxygen atoms in total. The van der Waals surface area contributed by atoms with Crippen LogP contribution in [0.4, 0.5) is 0 Å². The first kappa shape index (κ1) is 19.5. The topological polar surface area (TPSA) is 76.3 Å². The van der Waals surface area contributed by atoms with Crippen LogP contribution in [0.5, 0.6) is 0 Å². The highest BCUT2D eigenvalue weighted by Gasteiger charge is 2.16. The van der Waals surface area contributed by atoms with Crippen LogP contribution in [0.1, 0.15) is 55.2 Å².